The third kappa shape index (κ3) is 3.96. The highest BCUT2D eigenvalue weighted by Gasteiger charge is 2.59. The quantitative estimate of drug-likeness (QED) is 0.699. The Balaban J connectivity index is 0.00000259. The molecule has 3 heterocycles. The Hall–Kier alpha value is -2.68. The SMILES string of the molecule is CN1c2cc(-c3nc(N4CCNCC4)ccc3C#N)ccc2N(CC2CC2(F)F)S1(=O)=O.Cl. The molecule has 1 aromatic carbocycles. The second-order valence-corrected chi connectivity index (χ2v) is 10.2. The molecule has 3 aliphatic rings. The Bertz CT molecular complexity index is 1230. The largest absolute Gasteiger partial charge is 0.354 e. The highest BCUT2D eigenvalue weighted by atomic mass is 35.5. The smallest absolute Gasteiger partial charge is 0.326 e. The van der Waals surface area contributed by atoms with Crippen LogP contribution in [0.4, 0.5) is 26.0 Å². The fourth-order valence-corrected chi connectivity index (χ4v) is 5.68. The van der Waals surface area contributed by atoms with Gasteiger partial charge in [0.2, 0.25) is 0 Å². The van der Waals surface area contributed by atoms with Gasteiger partial charge in [-0.15, -0.1) is 12.4 Å². The van der Waals surface area contributed by atoms with Crippen molar-refractivity contribution in [1.82, 2.24) is 10.3 Å². The third-order valence-corrected chi connectivity index (χ3v) is 8.06. The minimum atomic E-state index is -3.94. The molecular formula is C21H23ClF2N6O2S. The molecule has 12 heteroatoms. The van der Waals surface area contributed by atoms with Crippen molar-refractivity contribution in [2.75, 3.05) is 53.3 Å². The molecule has 0 amide bonds. The second-order valence-electron chi connectivity index (χ2n) is 8.29. The van der Waals surface area contributed by atoms with Gasteiger partial charge in [-0.3, -0.25) is 8.61 Å². The van der Waals surface area contributed by atoms with Crippen LogP contribution in [0.1, 0.15) is 12.0 Å². The van der Waals surface area contributed by atoms with E-state index in [1.807, 2.05) is 6.07 Å². The molecule has 0 bridgehead atoms. The van der Waals surface area contributed by atoms with E-state index in [2.05, 4.69) is 16.3 Å². The van der Waals surface area contributed by atoms with Crippen molar-refractivity contribution in [1.29, 1.82) is 5.26 Å². The first-order valence-electron chi connectivity index (χ1n) is 10.4. The first kappa shape index (κ1) is 23.5. The molecule has 1 aliphatic carbocycles. The molecular weight excluding hydrogens is 474 g/mol. The summed E-state index contributed by atoms with van der Waals surface area (Å²) in [6.45, 7) is 3.02. The zero-order valence-corrected chi connectivity index (χ0v) is 19.5. The van der Waals surface area contributed by atoms with E-state index in [0.717, 1.165) is 40.6 Å². The van der Waals surface area contributed by atoms with Crippen LogP contribution in [0.5, 0.6) is 0 Å². The highest BCUT2D eigenvalue weighted by molar-refractivity contribution is 7.94. The molecule has 0 radical (unpaired) electrons. The van der Waals surface area contributed by atoms with E-state index >= 15 is 0 Å². The average Bonchev–Trinajstić information content (AvgIpc) is 3.36. The molecule has 0 spiro atoms. The van der Waals surface area contributed by atoms with Gasteiger partial charge >= 0.3 is 10.2 Å². The fraction of sp³-hybridized carbons (Fsp3) is 0.429. The van der Waals surface area contributed by atoms with E-state index in [1.54, 1.807) is 24.3 Å². The molecule has 1 unspecified atom stereocenters. The summed E-state index contributed by atoms with van der Waals surface area (Å²) in [4.78, 5) is 6.84. The van der Waals surface area contributed by atoms with Gasteiger partial charge in [0.25, 0.3) is 5.92 Å². The molecule has 1 N–H and O–H groups in total. The van der Waals surface area contributed by atoms with E-state index in [-0.39, 0.29) is 25.4 Å². The monoisotopic (exact) mass is 496 g/mol. The summed E-state index contributed by atoms with van der Waals surface area (Å²) < 4.78 is 54.8. The number of nitriles is 1. The Morgan fingerprint density at radius 3 is 2.55 bits per heavy atom. The molecule has 176 valence electrons. The normalized spacial score (nSPS) is 22.4. The summed E-state index contributed by atoms with van der Waals surface area (Å²) in [6, 6.07) is 10.6. The number of hydrogen-bond donors (Lipinski definition) is 1. The summed E-state index contributed by atoms with van der Waals surface area (Å²) >= 11 is 0. The lowest BCUT2D eigenvalue weighted by molar-refractivity contribution is 0.101. The van der Waals surface area contributed by atoms with E-state index in [9.17, 15) is 22.5 Å². The maximum atomic E-state index is 13.5. The molecule has 1 aromatic heterocycles. The Morgan fingerprint density at radius 1 is 1.21 bits per heavy atom. The summed E-state index contributed by atoms with van der Waals surface area (Å²) in [6.07, 6.45) is -0.301. The van der Waals surface area contributed by atoms with Crippen molar-refractivity contribution in [3.63, 3.8) is 0 Å². The van der Waals surface area contributed by atoms with Gasteiger partial charge in [-0.1, -0.05) is 6.07 Å². The lowest BCUT2D eigenvalue weighted by Crippen LogP contribution is -2.43. The minimum absolute atomic E-state index is 0. The predicted molar refractivity (Wildman–Crippen MR) is 124 cm³/mol. The van der Waals surface area contributed by atoms with Crippen LogP contribution in [0, 0.1) is 17.2 Å². The van der Waals surface area contributed by atoms with Crippen LogP contribution >= 0.6 is 12.4 Å². The molecule has 8 nitrogen and oxygen atoms in total. The lowest BCUT2D eigenvalue weighted by atomic mass is 10.0. The van der Waals surface area contributed by atoms with Gasteiger partial charge in [0.05, 0.1) is 22.6 Å². The number of nitrogens with one attached hydrogen (secondary N) is 1. The summed E-state index contributed by atoms with van der Waals surface area (Å²) in [7, 11) is -2.54. The molecule has 2 fully saturated rings. The van der Waals surface area contributed by atoms with Gasteiger partial charge in [-0.05, 0) is 24.3 Å². The van der Waals surface area contributed by atoms with Crippen LogP contribution in [0.3, 0.4) is 0 Å². The zero-order valence-electron chi connectivity index (χ0n) is 17.8. The topological polar surface area (TPSA) is 92.6 Å². The Kier molecular flexibility index (Phi) is 5.88. The molecule has 1 saturated heterocycles. The minimum Gasteiger partial charge on any atom is -0.354 e. The fourth-order valence-electron chi connectivity index (χ4n) is 4.22. The van der Waals surface area contributed by atoms with Crippen LogP contribution in [0.25, 0.3) is 11.3 Å². The number of aromatic nitrogens is 1. The van der Waals surface area contributed by atoms with Gasteiger partial charge in [0, 0.05) is 57.7 Å². The number of alkyl halides is 2. The number of rotatable bonds is 4. The number of pyridine rings is 1. The van der Waals surface area contributed by atoms with Crippen LogP contribution < -0.4 is 18.8 Å². The number of fused-ring (bicyclic) bond motifs is 1. The van der Waals surface area contributed by atoms with Crippen molar-refractivity contribution in [3.8, 4) is 17.3 Å². The van der Waals surface area contributed by atoms with Crippen molar-refractivity contribution in [2.45, 2.75) is 12.3 Å². The predicted octanol–water partition coefficient (Wildman–Crippen LogP) is 2.61. The number of nitrogens with zero attached hydrogens (tertiary/aromatic N) is 5. The standard InChI is InChI=1S/C21H22F2N6O2S.ClH/c1-27-18-10-14(2-4-17(18)29(32(27,30)31)13-16-11-21(16,22)23)20-15(12-24)3-5-19(26-20)28-8-6-25-7-9-28;/h2-5,10,16,25H,6-9,11,13H2,1H3;1H. The van der Waals surface area contributed by atoms with Crippen molar-refractivity contribution < 1.29 is 17.2 Å². The summed E-state index contributed by atoms with van der Waals surface area (Å²) in [5.74, 6) is -3.04. The summed E-state index contributed by atoms with van der Waals surface area (Å²) in [5.41, 5.74) is 2.17. The number of benzene rings is 1. The second kappa shape index (κ2) is 8.27. The van der Waals surface area contributed by atoms with Crippen LogP contribution in [-0.2, 0) is 10.2 Å². The molecule has 2 aliphatic heterocycles. The van der Waals surface area contributed by atoms with E-state index in [0.29, 0.717) is 28.2 Å². The van der Waals surface area contributed by atoms with Crippen molar-refractivity contribution >= 4 is 39.8 Å². The average molecular weight is 497 g/mol. The van der Waals surface area contributed by atoms with E-state index in [4.69, 9.17) is 4.98 Å². The van der Waals surface area contributed by atoms with Crippen molar-refractivity contribution in [2.24, 2.45) is 5.92 Å². The van der Waals surface area contributed by atoms with Crippen LogP contribution in [-0.4, -0.2) is 59.1 Å². The third-order valence-electron chi connectivity index (χ3n) is 6.27. The molecule has 2 aromatic rings. The van der Waals surface area contributed by atoms with E-state index < -0.39 is 22.0 Å². The summed E-state index contributed by atoms with van der Waals surface area (Å²) in [5, 5.41) is 12.9. The van der Waals surface area contributed by atoms with Gasteiger partial charge in [-0.2, -0.15) is 13.7 Å². The van der Waals surface area contributed by atoms with Gasteiger partial charge in [0.1, 0.15) is 11.9 Å². The first-order valence-corrected chi connectivity index (χ1v) is 11.8. The molecule has 5 rings (SSSR count). The Morgan fingerprint density at radius 2 is 1.91 bits per heavy atom. The van der Waals surface area contributed by atoms with Crippen LogP contribution in [0.2, 0.25) is 0 Å². The maximum Gasteiger partial charge on any atom is 0.326 e. The molecule has 1 atom stereocenters. The maximum absolute atomic E-state index is 13.5. The van der Waals surface area contributed by atoms with Gasteiger partial charge in [-0.25, -0.2) is 13.8 Å². The molecule has 1 saturated carbocycles. The number of hydrogen-bond acceptors (Lipinski definition) is 6. The zero-order chi connectivity index (χ0) is 22.7. The van der Waals surface area contributed by atoms with E-state index in [1.165, 1.54) is 7.05 Å². The van der Waals surface area contributed by atoms with Gasteiger partial charge < -0.3 is 10.2 Å². The lowest BCUT2D eigenvalue weighted by Gasteiger charge is -2.28. The van der Waals surface area contributed by atoms with Crippen LogP contribution in [0.15, 0.2) is 30.3 Å². The Labute approximate surface area is 197 Å². The number of piperazine rings is 1. The van der Waals surface area contributed by atoms with Crippen molar-refractivity contribution in [3.05, 3.63) is 35.9 Å². The number of anilines is 3. The first-order chi connectivity index (χ1) is 15.2. The highest BCUT2D eigenvalue weighted by Crippen LogP contribution is 2.51. The number of halogens is 3. The molecule has 33 heavy (non-hydrogen) atoms. The van der Waals surface area contributed by atoms with Gasteiger partial charge in [0.15, 0.2) is 0 Å².